The zero-order valence-electron chi connectivity index (χ0n) is 10.5. The Morgan fingerprint density at radius 1 is 1.05 bits per heavy atom. The molecule has 0 saturated carbocycles. The van der Waals surface area contributed by atoms with E-state index in [-0.39, 0.29) is 5.91 Å². The molecule has 0 bridgehead atoms. The van der Waals surface area contributed by atoms with Gasteiger partial charge < -0.3 is 11.1 Å². The first-order valence-corrected chi connectivity index (χ1v) is 8.53. The minimum atomic E-state index is -0.210. The van der Waals surface area contributed by atoms with E-state index in [1.54, 1.807) is 24.3 Å². The molecule has 0 atom stereocenters. The average molecular weight is 493 g/mol. The van der Waals surface area contributed by atoms with E-state index in [1.165, 1.54) is 0 Å². The SMILES string of the molecule is NC(=S)c1ccc(NC(=O)c2ccc(Br)cc2Br)c(Br)c1. The lowest BCUT2D eigenvalue weighted by Gasteiger charge is -2.10. The maximum absolute atomic E-state index is 12.3. The third-order valence-electron chi connectivity index (χ3n) is 2.68. The highest BCUT2D eigenvalue weighted by Gasteiger charge is 2.12. The Balaban J connectivity index is 2.25. The van der Waals surface area contributed by atoms with Crippen LogP contribution in [-0.4, -0.2) is 10.9 Å². The Morgan fingerprint density at radius 2 is 1.76 bits per heavy atom. The Morgan fingerprint density at radius 3 is 2.33 bits per heavy atom. The summed E-state index contributed by atoms with van der Waals surface area (Å²) in [6.45, 7) is 0. The van der Waals surface area contributed by atoms with E-state index in [0.717, 1.165) is 14.5 Å². The summed E-state index contributed by atoms with van der Waals surface area (Å²) < 4.78 is 2.33. The van der Waals surface area contributed by atoms with E-state index >= 15 is 0 Å². The van der Waals surface area contributed by atoms with Crippen LogP contribution in [0.2, 0.25) is 0 Å². The summed E-state index contributed by atoms with van der Waals surface area (Å²) in [6.07, 6.45) is 0. The maximum Gasteiger partial charge on any atom is 0.256 e. The molecule has 2 aromatic rings. The molecule has 0 radical (unpaired) electrons. The fraction of sp³-hybridized carbons (Fsp3) is 0. The van der Waals surface area contributed by atoms with Gasteiger partial charge in [-0.1, -0.05) is 28.1 Å². The number of rotatable bonds is 3. The molecule has 0 aliphatic carbocycles. The Hall–Kier alpha value is -0.760. The predicted octanol–water partition coefficient (Wildman–Crippen LogP) is 4.86. The Kier molecular flexibility index (Phi) is 5.54. The van der Waals surface area contributed by atoms with Crippen molar-refractivity contribution < 1.29 is 4.79 Å². The Bertz CT molecular complexity index is 734. The number of benzene rings is 2. The van der Waals surface area contributed by atoms with Crippen molar-refractivity contribution in [3.63, 3.8) is 0 Å². The summed E-state index contributed by atoms with van der Waals surface area (Å²) in [7, 11) is 0. The number of nitrogens with one attached hydrogen (secondary N) is 1. The van der Waals surface area contributed by atoms with Crippen LogP contribution in [0.15, 0.2) is 49.8 Å². The second-order valence-corrected chi connectivity index (χ2v) is 7.20. The number of thiocarbonyl (C=S) groups is 1. The van der Waals surface area contributed by atoms with Gasteiger partial charge in [-0.05, 0) is 68.3 Å². The van der Waals surface area contributed by atoms with Gasteiger partial charge in [0.1, 0.15) is 4.99 Å². The number of halogens is 3. The van der Waals surface area contributed by atoms with Crippen LogP contribution in [-0.2, 0) is 0 Å². The quantitative estimate of drug-likeness (QED) is 0.602. The zero-order chi connectivity index (χ0) is 15.6. The van der Waals surface area contributed by atoms with E-state index in [0.29, 0.717) is 20.7 Å². The van der Waals surface area contributed by atoms with Gasteiger partial charge in [-0.15, -0.1) is 0 Å². The van der Waals surface area contributed by atoms with Gasteiger partial charge in [0, 0.05) is 19.0 Å². The number of carbonyl (C=O) groups excluding carboxylic acids is 1. The molecule has 3 nitrogen and oxygen atoms in total. The number of carbonyl (C=O) groups is 1. The zero-order valence-corrected chi connectivity index (χ0v) is 16.1. The fourth-order valence-corrected chi connectivity index (χ4v) is 3.47. The van der Waals surface area contributed by atoms with Gasteiger partial charge in [-0.3, -0.25) is 4.79 Å². The van der Waals surface area contributed by atoms with Crippen LogP contribution in [0.5, 0.6) is 0 Å². The van der Waals surface area contributed by atoms with E-state index in [2.05, 4.69) is 53.1 Å². The summed E-state index contributed by atoms with van der Waals surface area (Å²) in [5.74, 6) is -0.210. The number of hydrogen-bond donors (Lipinski definition) is 2. The lowest BCUT2D eigenvalue weighted by molar-refractivity contribution is 0.102. The van der Waals surface area contributed by atoms with E-state index in [9.17, 15) is 4.79 Å². The fourth-order valence-electron chi connectivity index (χ4n) is 1.63. The van der Waals surface area contributed by atoms with Crippen molar-refractivity contribution in [1.29, 1.82) is 0 Å². The van der Waals surface area contributed by atoms with Crippen LogP contribution < -0.4 is 11.1 Å². The molecule has 3 N–H and O–H groups in total. The first kappa shape index (κ1) is 16.6. The number of amides is 1. The van der Waals surface area contributed by atoms with Gasteiger partial charge in [-0.2, -0.15) is 0 Å². The molecule has 0 aromatic heterocycles. The normalized spacial score (nSPS) is 10.2. The minimum Gasteiger partial charge on any atom is -0.389 e. The van der Waals surface area contributed by atoms with Gasteiger partial charge in [0.25, 0.3) is 5.91 Å². The van der Waals surface area contributed by atoms with Crippen LogP contribution in [0.25, 0.3) is 0 Å². The maximum atomic E-state index is 12.3. The summed E-state index contributed by atoms with van der Waals surface area (Å²) in [5, 5.41) is 2.84. The topological polar surface area (TPSA) is 55.1 Å². The van der Waals surface area contributed by atoms with Crippen LogP contribution in [0.1, 0.15) is 15.9 Å². The molecule has 1 amide bonds. The lowest BCUT2D eigenvalue weighted by Crippen LogP contribution is -2.14. The second-order valence-electron chi connectivity index (χ2n) is 4.14. The summed E-state index contributed by atoms with van der Waals surface area (Å²) >= 11 is 15.0. The van der Waals surface area contributed by atoms with Crippen molar-refractivity contribution in [3.05, 3.63) is 60.9 Å². The molecule has 0 heterocycles. The van der Waals surface area contributed by atoms with E-state index < -0.39 is 0 Å². The lowest BCUT2D eigenvalue weighted by atomic mass is 10.2. The molecule has 0 aliphatic rings. The van der Waals surface area contributed by atoms with Crippen LogP contribution in [0.3, 0.4) is 0 Å². The largest absolute Gasteiger partial charge is 0.389 e. The predicted molar refractivity (Wildman–Crippen MR) is 99.8 cm³/mol. The minimum absolute atomic E-state index is 0.210. The summed E-state index contributed by atoms with van der Waals surface area (Å²) in [4.78, 5) is 12.6. The van der Waals surface area contributed by atoms with Crippen LogP contribution >= 0.6 is 60.0 Å². The molecular weight excluding hydrogens is 484 g/mol. The molecule has 0 spiro atoms. The molecule has 0 fully saturated rings. The number of nitrogens with two attached hydrogens (primary N) is 1. The molecule has 108 valence electrons. The first-order valence-electron chi connectivity index (χ1n) is 5.74. The van der Waals surface area contributed by atoms with Gasteiger partial charge in [0.15, 0.2) is 0 Å². The van der Waals surface area contributed by atoms with Gasteiger partial charge in [0.2, 0.25) is 0 Å². The number of hydrogen-bond acceptors (Lipinski definition) is 2. The second kappa shape index (κ2) is 7.00. The van der Waals surface area contributed by atoms with Crippen LogP contribution in [0.4, 0.5) is 5.69 Å². The molecule has 0 unspecified atom stereocenters. The molecule has 7 heteroatoms. The first-order chi connectivity index (χ1) is 9.88. The smallest absolute Gasteiger partial charge is 0.256 e. The molecule has 0 aliphatic heterocycles. The van der Waals surface area contributed by atoms with Gasteiger partial charge in [0.05, 0.1) is 11.3 Å². The van der Waals surface area contributed by atoms with Crippen molar-refractivity contribution >= 4 is 76.6 Å². The van der Waals surface area contributed by atoms with Crippen molar-refractivity contribution in [3.8, 4) is 0 Å². The van der Waals surface area contributed by atoms with E-state index in [4.69, 9.17) is 18.0 Å². The molecule has 0 saturated heterocycles. The van der Waals surface area contributed by atoms with Crippen molar-refractivity contribution in [2.24, 2.45) is 5.73 Å². The summed E-state index contributed by atoms with van der Waals surface area (Å²) in [6, 6.07) is 10.7. The standard InChI is InChI=1S/C14H9Br3N2OS/c15-8-2-3-9(10(16)6-8)14(20)19-12-4-1-7(13(18)21)5-11(12)17/h1-6H,(H2,18,21)(H,19,20). The van der Waals surface area contributed by atoms with E-state index in [1.807, 2.05) is 12.1 Å². The van der Waals surface area contributed by atoms with Gasteiger partial charge >= 0.3 is 0 Å². The molecular formula is C14H9Br3N2OS. The monoisotopic (exact) mass is 490 g/mol. The molecule has 2 aromatic carbocycles. The van der Waals surface area contributed by atoms with Crippen molar-refractivity contribution in [2.45, 2.75) is 0 Å². The third-order valence-corrected chi connectivity index (χ3v) is 4.72. The highest BCUT2D eigenvalue weighted by molar-refractivity contribution is 9.11. The number of anilines is 1. The highest BCUT2D eigenvalue weighted by atomic mass is 79.9. The molecule has 21 heavy (non-hydrogen) atoms. The van der Waals surface area contributed by atoms with Crippen molar-refractivity contribution in [1.82, 2.24) is 0 Å². The molecule has 2 rings (SSSR count). The Labute approximate surface area is 152 Å². The van der Waals surface area contributed by atoms with Crippen molar-refractivity contribution in [2.75, 3.05) is 5.32 Å². The highest BCUT2D eigenvalue weighted by Crippen LogP contribution is 2.26. The van der Waals surface area contributed by atoms with Gasteiger partial charge in [-0.25, -0.2) is 0 Å². The third kappa shape index (κ3) is 4.12. The summed E-state index contributed by atoms with van der Waals surface area (Å²) in [5.41, 5.74) is 7.50. The van der Waals surface area contributed by atoms with Crippen LogP contribution in [0, 0.1) is 0 Å². The average Bonchev–Trinajstić information content (AvgIpc) is 2.40.